The van der Waals surface area contributed by atoms with Gasteiger partial charge in [0.2, 0.25) is 0 Å². The zero-order valence-electron chi connectivity index (χ0n) is 10.7. The minimum Gasteiger partial charge on any atom is -0.434 e. The van der Waals surface area contributed by atoms with Crippen molar-refractivity contribution >= 4 is 16.7 Å². The van der Waals surface area contributed by atoms with Gasteiger partial charge in [-0.2, -0.15) is 8.78 Å². The quantitative estimate of drug-likeness (QED) is 0.749. The number of halogens is 2. The fraction of sp³-hybridized carbons (Fsp3) is 0.0667. The highest BCUT2D eigenvalue weighted by molar-refractivity contribution is 6.17. The second-order valence-corrected chi connectivity index (χ2v) is 4.33. The molecular weight excluding hydrogens is 278 g/mol. The third-order valence-electron chi connectivity index (χ3n) is 3.08. The van der Waals surface area contributed by atoms with Crippen LogP contribution in [0.1, 0.15) is 15.9 Å². The summed E-state index contributed by atoms with van der Waals surface area (Å²) >= 11 is 0. The van der Waals surface area contributed by atoms with Crippen molar-refractivity contribution < 1.29 is 18.3 Å². The number of pyridine rings is 1. The molecular formula is C15H10F2N2O2. The van der Waals surface area contributed by atoms with Gasteiger partial charge in [0.1, 0.15) is 5.75 Å². The Hall–Kier alpha value is -2.76. The number of aromatic amines is 1. The van der Waals surface area contributed by atoms with Gasteiger partial charge in [-0.15, -0.1) is 0 Å². The van der Waals surface area contributed by atoms with E-state index >= 15 is 0 Å². The number of carbonyl (C=O) groups is 1. The van der Waals surface area contributed by atoms with Crippen LogP contribution in [0.4, 0.5) is 8.78 Å². The van der Waals surface area contributed by atoms with Gasteiger partial charge < -0.3 is 9.72 Å². The molecule has 0 atom stereocenters. The molecule has 3 aromatic rings. The number of hydrogen-bond acceptors (Lipinski definition) is 3. The Morgan fingerprint density at radius 1 is 1.19 bits per heavy atom. The summed E-state index contributed by atoms with van der Waals surface area (Å²) in [5, 5.41) is 0.634. The van der Waals surface area contributed by atoms with E-state index in [1.54, 1.807) is 24.5 Å². The van der Waals surface area contributed by atoms with Crippen LogP contribution in [0.25, 0.3) is 10.9 Å². The van der Waals surface area contributed by atoms with Crippen LogP contribution in [0.2, 0.25) is 0 Å². The van der Waals surface area contributed by atoms with Crippen molar-refractivity contribution in [3.63, 3.8) is 0 Å². The maximum Gasteiger partial charge on any atom is 0.387 e. The number of benzene rings is 1. The minimum absolute atomic E-state index is 0.0857. The van der Waals surface area contributed by atoms with Crippen molar-refractivity contribution in [3.05, 3.63) is 60.0 Å². The molecule has 2 heterocycles. The van der Waals surface area contributed by atoms with E-state index in [0.29, 0.717) is 10.9 Å². The number of nitrogens with one attached hydrogen (secondary N) is 1. The first kappa shape index (κ1) is 13.2. The van der Waals surface area contributed by atoms with Gasteiger partial charge in [0.15, 0.2) is 5.78 Å². The fourth-order valence-electron chi connectivity index (χ4n) is 2.15. The van der Waals surface area contributed by atoms with Gasteiger partial charge in [-0.1, -0.05) is 12.1 Å². The number of H-pyrrole nitrogens is 1. The van der Waals surface area contributed by atoms with Crippen LogP contribution in [0.3, 0.4) is 0 Å². The van der Waals surface area contributed by atoms with Crippen molar-refractivity contribution in [2.75, 3.05) is 0 Å². The zero-order chi connectivity index (χ0) is 14.8. The number of rotatable bonds is 4. The molecule has 1 N–H and O–H groups in total. The molecule has 2 aromatic heterocycles. The van der Waals surface area contributed by atoms with Crippen molar-refractivity contribution in [1.29, 1.82) is 0 Å². The van der Waals surface area contributed by atoms with Gasteiger partial charge in [0.05, 0.1) is 5.56 Å². The number of ether oxygens (including phenoxy) is 1. The van der Waals surface area contributed by atoms with Crippen LogP contribution in [-0.4, -0.2) is 22.4 Å². The highest BCUT2D eigenvalue weighted by Gasteiger charge is 2.19. The first-order chi connectivity index (χ1) is 10.2. The molecule has 0 saturated carbocycles. The van der Waals surface area contributed by atoms with Crippen molar-refractivity contribution in [2.24, 2.45) is 0 Å². The summed E-state index contributed by atoms with van der Waals surface area (Å²) in [6.07, 6.45) is 4.68. The lowest BCUT2D eigenvalue weighted by Gasteiger charge is -2.09. The van der Waals surface area contributed by atoms with Crippen LogP contribution < -0.4 is 4.74 Å². The predicted octanol–water partition coefficient (Wildman–Crippen LogP) is 3.40. The van der Waals surface area contributed by atoms with Gasteiger partial charge in [-0.25, -0.2) is 0 Å². The number of ketones is 1. The van der Waals surface area contributed by atoms with E-state index in [-0.39, 0.29) is 11.3 Å². The Kier molecular flexibility index (Phi) is 3.35. The molecule has 0 bridgehead atoms. The highest BCUT2D eigenvalue weighted by Crippen LogP contribution is 2.26. The standard InChI is InChI=1S/C15H10F2N2O2/c16-15(17)21-13-4-2-1-3-9(13)14(20)11-8-19-12-5-6-18-7-10(11)12/h1-8,15,19H. The molecule has 0 amide bonds. The van der Waals surface area contributed by atoms with Crippen LogP contribution in [0, 0.1) is 0 Å². The molecule has 3 rings (SSSR count). The lowest BCUT2D eigenvalue weighted by Crippen LogP contribution is -2.08. The largest absolute Gasteiger partial charge is 0.434 e. The maximum atomic E-state index is 12.6. The van der Waals surface area contributed by atoms with Crippen LogP contribution >= 0.6 is 0 Å². The van der Waals surface area contributed by atoms with E-state index in [2.05, 4.69) is 14.7 Å². The van der Waals surface area contributed by atoms with Crippen LogP contribution in [0.5, 0.6) is 5.75 Å². The van der Waals surface area contributed by atoms with E-state index in [0.717, 1.165) is 5.52 Å². The second kappa shape index (κ2) is 5.32. The molecule has 106 valence electrons. The Bertz CT molecular complexity index is 799. The second-order valence-electron chi connectivity index (χ2n) is 4.33. The molecule has 1 aromatic carbocycles. The zero-order valence-corrected chi connectivity index (χ0v) is 10.7. The molecule has 0 fully saturated rings. The average Bonchev–Trinajstić information content (AvgIpc) is 2.90. The van der Waals surface area contributed by atoms with Crippen LogP contribution in [0.15, 0.2) is 48.9 Å². The number of alkyl halides is 2. The summed E-state index contributed by atoms with van der Waals surface area (Å²) in [6, 6.07) is 7.65. The van der Waals surface area contributed by atoms with E-state index in [4.69, 9.17) is 0 Å². The van der Waals surface area contributed by atoms with Gasteiger partial charge in [0.25, 0.3) is 0 Å². The van der Waals surface area contributed by atoms with Gasteiger partial charge in [-0.05, 0) is 18.2 Å². The van der Waals surface area contributed by atoms with E-state index < -0.39 is 12.4 Å². The molecule has 0 saturated heterocycles. The number of nitrogens with zero attached hydrogens (tertiary/aromatic N) is 1. The number of carbonyl (C=O) groups excluding carboxylic acids is 1. The Morgan fingerprint density at radius 2 is 2.00 bits per heavy atom. The van der Waals surface area contributed by atoms with Crippen molar-refractivity contribution in [1.82, 2.24) is 9.97 Å². The summed E-state index contributed by atoms with van der Waals surface area (Å²) < 4.78 is 29.2. The fourth-order valence-corrected chi connectivity index (χ4v) is 2.15. The molecule has 0 spiro atoms. The molecule has 0 unspecified atom stereocenters. The molecule has 21 heavy (non-hydrogen) atoms. The van der Waals surface area contributed by atoms with E-state index in [9.17, 15) is 13.6 Å². The monoisotopic (exact) mass is 288 g/mol. The average molecular weight is 288 g/mol. The molecule has 6 heteroatoms. The van der Waals surface area contributed by atoms with Gasteiger partial charge in [0, 0.05) is 35.1 Å². The molecule has 0 radical (unpaired) electrons. The summed E-state index contributed by atoms with van der Waals surface area (Å²) in [7, 11) is 0. The van der Waals surface area contributed by atoms with Gasteiger partial charge in [-0.3, -0.25) is 9.78 Å². The SMILES string of the molecule is O=C(c1ccccc1OC(F)F)c1c[nH]c2ccncc12. The number of aromatic nitrogens is 2. The first-order valence-electron chi connectivity index (χ1n) is 6.16. The molecule has 0 aliphatic rings. The smallest absolute Gasteiger partial charge is 0.387 e. The normalized spacial score (nSPS) is 11.0. The van der Waals surface area contributed by atoms with Crippen molar-refractivity contribution in [2.45, 2.75) is 6.61 Å². The lowest BCUT2D eigenvalue weighted by molar-refractivity contribution is -0.0501. The Balaban J connectivity index is 2.06. The third kappa shape index (κ3) is 2.47. The maximum absolute atomic E-state index is 12.6. The van der Waals surface area contributed by atoms with E-state index in [1.165, 1.54) is 24.4 Å². The summed E-state index contributed by atoms with van der Waals surface area (Å²) in [5.74, 6) is -0.541. The lowest BCUT2D eigenvalue weighted by atomic mass is 10.0. The Morgan fingerprint density at radius 3 is 2.81 bits per heavy atom. The van der Waals surface area contributed by atoms with Gasteiger partial charge >= 0.3 is 6.61 Å². The van der Waals surface area contributed by atoms with Crippen molar-refractivity contribution in [3.8, 4) is 5.75 Å². The van der Waals surface area contributed by atoms with E-state index in [1.807, 2.05) is 0 Å². The third-order valence-corrected chi connectivity index (χ3v) is 3.08. The number of fused-ring (bicyclic) bond motifs is 1. The number of hydrogen-bond donors (Lipinski definition) is 1. The summed E-state index contributed by atoms with van der Waals surface area (Å²) in [5.41, 5.74) is 1.20. The molecule has 0 aliphatic carbocycles. The first-order valence-corrected chi connectivity index (χ1v) is 6.16. The predicted molar refractivity (Wildman–Crippen MR) is 72.6 cm³/mol. The number of para-hydroxylation sites is 1. The summed E-state index contributed by atoms with van der Waals surface area (Å²) in [6.45, 7) is -2.98. The Labute approximate surface area is 118 Å². The minimum atomic E-state index is -2.98. The molecule has 0 aliphatic heterocycles. The topological polar surface area (TPSA) is 55.0 Å². The molecule has 4 nitrogen and oxygen atoms in total. The van der Waals surface area contributed by atoms with Crippen LogP contribution in [-0.2, 0) is 0 Å². The summed E-state index contributed by atoms with van der Waals surface area (Å²) in [4.78, 5) is 19.5. The highest BCUT2D eigenvalue weighted by atomic mass is 19.3.